The van der Waals surface area contributed by atoms with E-state index in [0.29, 0.717) is 25.6 Å². The largest absolute Gasteiger partial charge is 0.475 e. The third-order valence-corrected chi connectivity index (χ3v) is 3.52. The molecule has 0 aliphatic heterocycles. The van der Waals surface area contributed by atoms with Gasteiger partial charge in [-0.2, -0.15) is 0 Å². The maximum absolute atomic E-state index is 5.45. The summed E-state index contributed by atoms with van der Waals surface area (Å²) in [6.45, 7) is 7.21. The lowest BCUT2D eigenvalue weighted by Gasteiger charge is -2.12. The molecule has 0 aromatic carbocycles. The molecule has 0 radical (unpaired) electrons. The summed E-state index contributed by atoms with van der Waals surface area (Å²) in [5, 5.41) is 6.63. The van der Waals surface area contributed by atoms with Crippen molar-refractivity contribution in [1.82, 2.24) is 15.6 Å². The highest BCUT2D eigenvalue weighted by atomic mass is 127. The molecule has 1 rings (SSSR count). The molecule has 0 fully saturated rings. The molecule has 0 saturated heterocycles. The Kier molecular flexibility index (Phi) is 14.5. The standard InChI is InChI=1S/C18H32N4O2.HI/c1-15(2)7-5-6-10-20-18(19-3)22-14-16-8-9-17(21-13-16)24-12-11-23-4;/h8-9,13,15H,5-7,10-12,14H2,1-4H3,(H2,19,20,22);1H. The van der Waals surface area contributed by atoms with Crippen LogP contribution in [0.4, 0.5) is 0 Å². The monoisotopic (exact) mass is 464 g/mol. The smallest absolute Gasteiger partial charge is 0.213 e. The van der Waals surface area contributed by atoms with E-state index < -0.39 is 0 Å². The topological polar surface area (TPSA) is 67.8 Å². The highest BCUT2D eigenvalue weighted by Gasteiger charge is 2.01. The lowest BCUT2D eigenvalue weighted by Crippen LogP contribution is -2.37. The van der Waals surface area contributed by atoms with E-state index in [1.807, 2.05) is 18.3 Å². The normalized spacial score (nSPS) is 11.2. The third kappa shape index (κ3) is 12.0. The second-order valence-corrected chi connectivity index (χ2v) is 6.09. The van der Waals surface area contributed by atoms with Crippen LogP contribution in [-0.4, -0.2) is 44.9 Å². The van der Waals surface area contributed by atoms with Crippen LogP contribution in [0.2, 0.25) is 0 Å². The van der Waals surface area contributed by atoms with Crippen molar-refractivity contribution in [3.8, 4) is 5.88 Å². The van der Waals surface area contributed by atoms with Gasteiger partial charge in [-0.15, -0.1) is 24.0 Å². The fourth-order valence-corrected chi connectivity index (χ4v) is 2.12. The van der Waals surface area contributed by atoms with Crippen LogP contribution < -0.4 is 15.4 Å². The van der Waals surface area contributed by atoms with Crippen LogP contribution in [-0.2, 0) is 11.3 Å². The van der Waals surface area contributed by atoms with E-state index in [1.54, 1.807) is 14.2 Å². The van der Waals surface area contributed by atoms with Crippen LogP contribution in [0.3, 0.4) is 0 Å². The van der Waals surface area contributed by atoms with Crippen LogP contribution in [0.1, 0.15) is 38.7 Å². The van der Waals surface area contributed by atoms with Crippen molar-refractivity contribution < 1.29 is 9.47 Å². The van der Waals surface area contributed by atoms with Crippen LogP contribution in [0, 0.1) is 5.92 Å². The Labute approximate surface area is 169 Å². The quantitative estimate of drug-likeness (QED) is 0.228. The first-order valence-corrected chi connectivity index (χ1v) is 8.67. The van der Waals surface area contributed by atoms with Crippen molar-refractivity contribution in [2.24, 2.45) is 10.9 Å². The minimum atomic E-state index is 0. The van der Waals surface area contributed by atoms with Gasteiger partial charge in [0.05, 0.1) is 6.61 Å². The summed E-state index contributed by atoms with van der Waals surface area (Å²) in [4.78, 5) is 8.52. The average Bonchev–Trinajstić information content (AvgIpc) is 2.58. The maximum Gasteiger partial charge on any atom is 0.213 e. The molecule has 0 amide bonds. The fourth-order valence-electron chi connectivity index (χ4n) is 2.12. The highest BCUT2D eigenvalue weighted by molar-refractivity contribution is 14.0. The molecule has 0 aliphatic rings. The first-order chi connectivity index (χ1) is 11.7. The van der Waals surface area contributed by atoms with E-state index in [-0.39, 0.29) is 24.0 Å². The van der Waals surface area contributed by atoms with Crippen LogP contribution in [0.25, 0.3) is 0 Å². The van der Waals surface area contributed by atoms with Crippen molar-refractivity contribution in [2.45, 2.75) is 39.7 Å². The van der Waals surface area contributed by atoms with Gasteiger partial charge in [-0.3, -0.25) is 4.99 Å². The van der Waals surface area contributed by atoms with Crippen molar-refractivity contribution in [1.29, 1.82) is 0 Å². The van der Waals surface area contributed by atoms with Gasteiger partial charge in [-0.05, 0) is 17.9 Å². The Bertz CT molecular complexity index is 467. The second-order valence-electron chi connectivity index (χ2n) is 6.09. The van der Waals surface area contributed by atoms with Gasteiger partial charge in [-0.25, -0.2) is 4.98 Å². The van der Waals surface area contributed by atoms with Crippen LogP contribution >= 0.6 is 24.0 Å². The molecule has 0 unspecified atom stereocenters. The molecule has 2 N–H and O–H groups in total. The van der Waals surface area contributed by atoms with E-state index in [4.69, 9.17) is 9.47 Å². The molecule has 1 aromatic rings. The lowest BCUT2D eigenvalue weighted by molar-refractivity contribution is 0.143. The molecule has 0 aliphatic carbocycles. The fraction of sp³-hybridized carbons (Fsp3) is 0.667. The molecule has 25 heavy (non-hydrogen) atoms. The van der Waals surface area contributed by atoms with Crippen LogP contribution in [0.15, 0.2) is 23.3 Å². The zero-order chi connectivity index (χ0) is 17.6. The zero-order valence-corrected chi connectivity index (χ0v) is 18.2. The predicted molar refractivity (Wildman–Crippen MR) is 114 cm³/mol. The molecule has 6 nitrogen and oxygen atoms in total. The van der Waals surface area contributed by atoms with Crippen molar-refractivity contribution >= 4 is 29.9 Å². The van der Waals surface area contributed by atoms with Gasteiger partial charge in [-0.1, -0.05) is 32.8 Å². The summed E-state index contributed by atoms with van der Waals surface area (Å²) in [6, 6.07) is 3.87. The summed E-state index contributed by atoms with van der Waals surface area (Å²) < 4.78 is 10.4. The summed E-state index contributed by atoms with van der Waals surface area (Å²) in [7, 11) is 3.44. The van der Waals surface area contributed by atoms with Gasteiger partial charge in [0.25, 0.3) is 0 Å². The SMILES string of the molecule is CN=C(NCCCCC(C)C)NCc1ccc(OCCOC)nc1.I. The molecule has 0 spiro atoms. The van der Waals surface area contributed by atoms with Crippen molar-refractivity contribution in [3.63, 3.8) is 0 Å². The van der Waals surface area contributed by atoms with Gasteiger partial charge in [0, 0.05) is 39.5 Å². The first-order valence-electron chi connectivity index (χ1n) is 8.67. The molecular formula is C18H33IN4O2. The molecule has 1 heterocycles. The van der Waals surface area contributed by atoms with Crippen molar-refractivity contribution in [3.05, 3.63) is 23.9 Å². The molecule has 1 aromatic heterocycles. The van der Waals surface area contributed by atoms with Crippen LogP contribution in [0.5, 0.6) is 5.88 Å². The number of pyridine rings is 1. The minimum absolute atomic E-state index is 0. The van der Waals surface area contributed by atoms with E-state index >= 15 is 0 Å². The highest BCUT2D eigenvalue weighted by Crippen LogP contribution is 2.07. The number of unbranched alkanes of at least 4 members (excludes halogenated alkanes) is 1. The summed E-state index contributed by atoms with van der Waals surface area (Å²) >= 11 is 0. The molecule has 7 heteroatoms. The third-order valence-electron chi connectivity index (χ3n) is 3.52. The number of nitrogens with zero attached hydrogens (tertiary/aromatic N) is 2. The maximum atomic E-state index is 5.45. The molecule has 144 valence electrons. The molecule has 0 atom stereocenters. The van der Waals surface area contributed by atoms with Gasteiger partial charge in [0.1, 0.15) is 6.61 Å². The lowest BCUT2D eigenvalue weighted by atomic mass is 10.1. The second kappa shape index (κ2) is 15.2. The summed E-state index contributed by atoms with van der Waals surface area (Å²) in [5.74, 6) is 2.21. The van der Waals surface area contributed by atoms with Gasteiger partial charge < -0.3 is 20.1 Å². The molecule has 0 saturated carbocycles. The number of rotatable bonds is 11. The van der Waals surface area contributed by atoms with E-state index in [1.165, 1.54) is 12.8 Å². The number of nitrogens with one attached hydrogen (secondary N) is 2. The number of ether oxygens (including phenoxy) is 2. The zero-order valence-electron chi connectivity index (χ0n) is 15.9. The molecular weight excluding hydrogens is 431 g/mol. The van der Waals surface area contributed by atoms with E-state index in [2.05, 4.69) is 34.5 Å². The summed E-state index contributed by atoms with van der Waals surface area (Å²) in [6.07, 6.45) is 5.49. The number of hydrogen-bond donors (Lipinski definition) is 2. The Morgan fingerprint density at radius 1 is 1.20 bits per heavy atom. The van der Waals surface area contributed by atoms with Crippen molar-refractivity contribution in [2.75, 3.05) is 33.9 Å². The van der Waals surface area contributed by atoms with E-state index in [0.717, 1.165) is 30.4 Å². The Hall–Kier alpha value is -1.09. The van der Waals surface area contributed by atoms with Gasteiger partial charge in [0.2, 0.25) is 5.88 Å². The first kappa shape index (κ1) is 23.9. The minimum Gasteiger partial charge on any atom is -0.475 e. The number of guanidine groups is 1. The van der Waals surface area contributed by atoms with E-state index in [9.17, 15) is 0 Å². The molecule has 0 bridgehead atoms. The number of halogens is 1. The van der Waals surface area contributed by atoms with Gasteiger partial charge in [0.15, 0.2) is 5.96 Å². The average molecular weight is 464 g/mol. The number of aromatic nitrogens is 1. The Morgan fingerprint density at radius 2 is 2.00 bits per heavy atom. The number of aliphatic imine (C=N–C) groups is 1. The predicted octanol–water partition coefficient (Wildman–Crippen LogP) is 3.22. The summed E-state index contributed by atoms with van der Waals surface area (Å²) in [5.41, 5.74) is 1.08. The Morgan fingerprint density at radius 3 is 2.60 bits per heavy atom. The number of hydrogen-bond acceptors (Lipinski definition) is 4. The Balaban J connectivity index is 0.00000576. The number of methoxy groups -OCH3 is 1. The van der Waals surface area contributed by atoms with Gasteiger partial charge >= 0.3 is 0 Å².